The van der Waals surface area contributed by atoms with Gasteiger partial charge in [-0.15, -0.1) is 0 Å². The molecule has 0 saturated carbocycles. The van der Waals surface area contributed by atoms with Gasteiger partial charge >= 0.3 is 22.5 Å². The maximum atomic E-state index is 14.1. The third kappa shape index (κ3) is 18.4. The highest BCUT2D eigenvalue weighted by atomic mass is 79.9. The lowest BCUT2D eigenvalue weighted by atomic mass is 10.0. The van der Waals surface area contributed by atoms with Crippen molar-refractivity contribution < 1.29 is 60.0 Å². The van der Waals surface area contributed by atoms with Gasteiger partial charge in [-0.1, -0.05) is 205 Å². The molecule has 4 N–H and O–H groups in total. The largest absolute Gasteiger partial charge is 0.505 e. The summed E-state index contributed by atoms with van der Waals surface area (Å²) in [6.45, 7) is 11.0. The Balaban J connectivity index is 0.000000133. The number of hydrogen-bond acceptors (Lipinski definition) is 20. The van der Waals surface area contributed by atoms with Gasteiger partial charge in [0.05, 0.1) is 34.2 Å². The molecule has 0 spiro atoms. The molecule has 0 fully saturated rings. The minimum atomic E-state index is -0.846. The molecule has 0 saturated heterocycles. The summed E-state index contributed by atoms with van der Waals surface area (Å²) >= 11 is 6.90. The normalized spacial score (nSPS) is 11.2. The first kappa shape index (κ1) is 90.4. The maximum absolute atomic E-state index is 14.1. The molecule has 0 radical (unpaired) electrons. The number of hydrogen-bond donors (Lipinski definition) is 4. The smallest absolute Gasteiger partial charge is 0.354 e. The average molecular weight is 1890 g/mol. The van der Waals surface area contributed by atoms with Gasteiger partial charge in [0.15, 0.2) is 34.2 Å². The number of aromatic hydroxyl groups is 4. The highest BCUT2D eigenvalue weighted by Crippen LogP contribution is 2.45. The van der Waals surface area contributed by atoms with Crippen LogP contribution in [-0.2, 0) is 0 Å². The minimum absolute atomic E-state index is 0.0288. The summed E-state index contributed by atoms with van der Waals surface area (Å²) in [4.78, 5) is 106. The number of halogens is 6. The first-order valence-electron chi connectivity index (χ1n) is 39.7. The lowest BCUT2D eigenvalue weighted by molar-refractivity contribution is 0.443. The fourth-order valence-corrected chi connectivity index (χ4v) is 18.5. The van der Waals surface area contributed by atoms with Gasteiger partial charge in [-0.3, -0.25) is 28.3 Å². The van der Waals surface area contributed by atoms with Gasteiger partial charge in [0.1, 0.15) is 81.4 Å². The van der Waals surface area contributed by atoms with Crippen LogP contribution < -0.4 is 44.7 Å². The van der Waals surface area contributed by atoms with Crippen LogP contribution in [0.2, 0.25) is 0 Å². The third-order valence-corrected chi connectivity index (χ3v) is 25.8. The number of benzene rings is 10. The van der Waals surface area contributed by atoms with Crippen LogP contribution in [0.3, 0.4) is 0 Å². The summed E-state index contributed by atoms with van der Waals surface area (Å²) in [5.41, 5.74) is 0.970. The van der Waals surface area contributed by atoms with Crippen molar-refractivity contribution in [1.29, 1.82) is 0 Å². The Hall–Kier alpha value is -14.4. The second-order valence-corrected chi connectivity index (χ2v) is 34.7. The summed E-state index contributed by atoms with van der Waals surface area (Å²) in [6.07, 6.45) is 0. The zero-order valence-electron chi connectivity index (χ0n) is 69.1. The zero-order valence-corrected chi connectivity index (χ0v) is 73.9. The Morgan fingerprint density at radius 2 is 0.646 bits per heavy atom. The molecule has 130 heavy (non-hydrogen) atoms. The summed E-state index contributed by atoms with van der Waals surface area (Å²) in [5.74, 6) is -4.44. The third-order valence-electron chi connectivity index (χ3n) is 20.4. The average Bonchev–Trinajstić information content (AvgIpc) is 0.746. The lowest BCUT2D eigenvalue weighted by Crippen LogP contribution is -2.26. The van der Waals surface area contributed by atoms with Gasteiger partial charge in [-0.05, 0) is 189 Å². The molecule has 8 aromatic heterocycles. The molecular weight excluding hydrogens is 1820 g/mol. The molecule has 30 heteroatoms. The molecule has 0 atom stereocenters. The summed E-state index contributed by atoms with van der Waals surface area (Å²) in [7, 11) is 0. The van der Waals surface area contributed by atoms with Crippen LogP contribution in [0.1, 0.15) is 50.9 Å². The molecule has 0 aliphatic rings. The Bertz CT molecular complexity index is 7980. The van der Waals surface area contributed by atoms with Crippen molar-refractivity contribution in [3.63, 3.8) is 0 Å². The molecule has 0 aliphatic carbocycles. The predicted molar refractivity (Wildman–Crippen MR) is 498 cm³/mol. The van der Waals surface area contributed by atoms with Crippen LogP contribution in [0, 0.1) is 42.9 Å². The van der Waals surface area contributed by atoms with Crippen molar-refractivity contribution in [3.8, 4) is 79.4 Å². The monoisotopic (exact) mass is 1880 g/mol. The molecule has 0 amide bonds. The minimum Gasteiger partial charge on any atom is -0.505 e. The van der Waals surface area contributed by atoms with E-state index in [9.17, 15) is 80.7 Å². The van der Waals surface area contributed by atoms with Crippen LogP contribution in [0.4, 0.5) is 22.0 Å². The van der Waals surface area contributed by atoms with Crippen LogP contribution in [0.25, 0.3) is 100 Å². The summed E-state index contributed by atoms with van der Waals surface area (Å²) in [6, 6.07) is 74.0. The van der Waals surface area contributed by atoms with E-state index in [0.29, 0.717) is 59.7 Å². The molecule has 0 aliphatic heterocycles. The van der Waals surface area contributed by atoms with Crippen molar-refractivity contribution in [2.24, 2.45) is 0 Å². The van der Waals surface area contributed by atoms with E-state index in [2.05, 4.69) is 15.9 Å². The van der Waals surface area contributed by atoms with Crippen molar-refractivity contribution in [1.82, 2.24) is 18.3 Å². The maximum Gasteiger partial charge on any atom is 0.354 e. The first-order chi connectivity index (χ1) is 62.5. The van der Waals surface area contributed by atoms with Crippen LogP contribution in [0.5, 0.6) is 23.0 Å². The second-order valence-electron chi connectivity index (χ2n) is 29.6. The Labute approximate surface area is 758 Å². The van der Waals surface area contributed by atoms with Crippen LogP contribution in [-0.4, -0.2) is 38.7 Å². The van der Waals surface area contributed by atoms with Crippen LogP contribution in [0.15, 0.2) is 379 Å². The highest BCUT2D eigenvalue weighted by Gasteiger charge is 2.31. The quantitative estimate of drug-likeness (QED) is 0.0654. The first-order valence-corrected chi connectivity index (χ1v) is 43.8. The predicted octanol–water partition coefficient (Wildman–Crippen LogP) is 23.1. The van der Waals surface area contributed by atoms with E-state index in [1.807, 2.05) is 100 Å². The number of aromatic nitrogens is 4. The molecule has 0 bridgehead atoms. The molecular formula is C100H70BrF5N4O16S4. The van der Waals surface area contributed by atoms with E-state index in [-0.39, 0.29) is 91.8 Å². The Morgan fingerprint density at radius 3 is 1.01 bits per heavy atom. The van der Waals surface area contributed by atoms with Gasteiger partial charge in [-0.25, -0.2) is 41.1 Å². The summed E-state index contributed by atoms with van der Waals surface area (Å²) in [5, 5.41) is 43.4. The van der Waals surface area contributed by atoms with Crippen molar-refractivity contribution >= 4 is 107 Å². The van der Waals surface area contributed by atoms with E-state index in [1.165, 1.54) is 124 Å². The summed E-state index contributed by atoms with van der Waals surface area (Å²) < 4.78 is 97.1. The van der Waals surface area contributed by atoms with E-state index in [4.69, 9.17) is 17.7 Å². The standard InChI is InChI=1S/C26H15BrFNO4S.C26H15F2NO4S.2C24H20FNO4S/c27-18-11-4-5-12-21(18)34-24-23(30)22-20(33-26(24)32)14-19(15-7-2-1-3-8-15)29(25(22)31)17-10-6-9-16(28)13-17;27-16-9-11-19(12-10-16)34-24-23(30)22-21(33-26(24)32)14-20(15-5-2-1-3-6-15)29(25(22)31)18-8-4-7-17(28)13-18;1-13(2)26-19(15-9-5-4-6-10-15)14(3)21-18(23(26)28)20(27)22(24(29)30-21)31-17-12-8-7-11-16(17)25;1-13(2)26-19(15-7-5-4-6-8-15)14(3)21-18(23(26)28)20(27)22(24(29)30-21)31-17-11-9-16(25)10-12-17/h2*1-14,30H;2*4-13,27H,1-3H3. The second kappa shape index (κ2) is 38.6. The zero-order chi connectivity index (χ0) is 92.2. The molecule has 652 valence electrons. The number of nitrogens with zero attached hydrogens (tertiary/aromatic N) is 4. The molecule has 20 nitrogen and oxygen atoms in total. The van der Waals surface area contributed by atoms with E-state index in [0.717, 1.165) is 62.6 Å². The molecule has 10 aromatic carbocycles. The van der Waals surface area contributed by atoms with Gasteiger partial charge in [0, 0.05) is 59.4 Å². The fourth-order valence-electron chi connectivity index (χ4n) is 14.6. The van der Waals surface area contributed by atoms with E-state index < -0.39 is 96.8 Å². The van der Waals surface area contributed by atoms with E-state index in [1.54, 1.807) is 114 Å². The molecule has 18 aromatic rings. The van der Waals surface area contributed by atoms with Crippen molar-refractivity contribution in [2.75, 3.05) is 0 Å². The van der Waals surface area contributed by atoms with Gasteiger partial charge in [0.2, 0.25) is 0 Å². The molecule has 0 unspecified atom stereocenters. The van der Waals surface area contributed by atoms with Gasteiger partial charge in [0.25, 0.3) is 22.2 Å². The van der Waals surface area contributed by atoms with Crippen LogP contribution >= 0.6 is 63.0 Å². The highest BCUT2D eigenvalue weighted by molar-refractivity contribution is 9.10. The van der Waals surface area contributed by atoms with Crippen molar-refractivity contribution in [3.05, 3.63) is 407 Å². The van der Waals surface area contributed by atoms with Crippen molar-refractivity contribution in [2.45, 2.75) is 92.8 Å². The van der Waals surface area contributed by atoms with E-state index >= 15 is 0 Å². The molecule has 18 rings (SSSR count). The Morgan fingerprint density at radius 1 is 0.323 bits per heavy atom. The number of fused-ring (bicyclic) bond motifs is 4. The van der Waals surface area contributed by atoms with Gasteiger partial charge < -0.3 is 47.2 Å². The van der Waals surface area contributed by atoms with Gasteiger partial charge in [-0.2, -0.15) is 0 Å². The number of rotatable bonds is 16. The Kier molecular flexibility index (Phi) is 26.9. The fraction of sp³-hybridized carbons (Fsp3) is 0.0800. The topological polar surface area (TPSA) is 290 Å². The molecule has 8 heterocycles. The number of pyridine rings is 4. The lowest BCUT2D eigenvalue weighted by Gasteiger charge is -2.21. The SMILES string of the molecule is Cc1c(-c2ccccc2)n(C(C)C)c(=O)c2c(O)c(Sc3ccc(F)cc3)c(=O)oc12.Cc1c(-c2ccccc2)n(C(C)C)c(=O)c2c(O)c(Sc3ccccc3F)c(=O)oc12.O=c1oc2cc(-c3ccccc3)n(-c3cccc(F)c3)c(=O)c2c(O)c1Sc1ccc(F)cc1.O=c1oc2cc(-c3ccccc3)n(-c3cccc(F)c3)c(=O)c2c(O)c1Sc1ccccc1Br. The number of aryl methyl sites for hydroxylation is 2.